The van der Waals surface area contributed by atoms with E-state index in [1.54, 1.807) is 0 Å². The van der Waals surface area contributed by atoms with Gasteiger partial charge in [-0.25, -0.2) is 0 Å². The predicted octanol–water partition coefficient (Wildman–Crippen LogP) is 2.69. The van der Waals surface area contributed by atoms with Crippen molar-refractivity contribution >= 4 is 0 Å². The summed E-state index contributed by atoms with van der Waals surface area (Å²) in [7, 11) is 2.08. The van der Waals surface area contributed by atoms with Crippen molar-refractivity contribution in [2.24, 2.45) is 0 Å². The molecule has 0 amide bonds. The van der Waals surface area contributed by atoms with E-state index in [4.69, 9.17) is 0 Å². The van der Waals surface area contributed by atoms with Crippen LogP contribution in [0.25, 0.3) is 0 Å². The van der Waals surface area contributed by atoms with Crippen LogP contribution in [-0.4, -0.2) is 36.6 Å². The molecule has 1 saturated heterocycles. The summed E-state index contributed by atoms with van der Waals surface area (Å²) in [6, 6.07) is 11.5. The predicted molar refractivity (Wildman–Crippen MR) is 77.9 cm³/mol. The fraction of sp³-hybridized carbons (Fsp3) is 0.625. The van der Waals surface area contributed by atoms with Gasteiger partial charge in [0.1, 0.15) is 0 Å². The van der Waals surface area contributed by atoms with Crippen LogP contribution in [0.3, 0.4) is 0 Å². The molecular formula is C16H26N2. The molecule has 1 atom stereocenters. The molecule has 2 rings (SSSR count). The van der Waals surface area contributed by atoms with Gasteiger partial charge in [-0.05, 0) is 45.7 Å². The molecule has 1 aromatic rings. The van der Waals surface area contributed by atoms with Crippen molar-refractivity contribution in [2.75, 3.05) is 20.1 Å². The maximum Gasteiger partial charge on any atom is 0.0192 e. The lowest BCUT2D eigenvalue weighted by molar-refractivity contribution is 0.0605. The summed E-state index contributed by atoms with van der Waals surface area (Å²) in [5, 5.41) is 3.43. The lowest BCUT2D eigenvalue weighted by Gasteiger charge is -2.45. The number of hydrogen-bond acceptors (Lipinski definition) is 2. The average molecular weight is 246 g/mol. The monoisotopic (exact) mass is 246 g/mol. The highest BCUT2D eigenvalue weighted by Gasteiger charge is 2.32. The number of hydrogen-bond donors (Lipinski definition) is 1. The molecule has 2 heteroatoms. The van der Waals surface area contributed by atoms with Gasteiger partial charge in [0.15, 0.2) is 0 Å². The van der Waals surface area contributed by atoms with Crippen molar-refractivity contribution in [3.8, 4) is 0 Å². The van der Waals surface area contributed by atoms with Crippen molar-refractivity contribution < 1.29 is 0 Å². The number of nitrogens with zero attached hydrogens (tertiary/aromatic N) is 1. The van der Waals surface area contributed by atoms with Crippen LogP contribution in [0.5, 0.6) is 0 Å². The second-order valence-electron chi connectivity index (χ2n) is 6.02. The first-order chi connectivity index (χ1) is 8.62. The topological polar surface area (TPSA) is 15.3 Å². The Morgan fingerprint density at radius 2 is 2.00 bits per heavy atom. The van der Waals surface area contributed by atoms with Gasteiger partial charge in [0, 0.05) is 24.7 Å². The minimum absolute atomic E-state index is 0.349. The van der Waals surface area contributed by atoms with Crippen molar-refractivity contribution in [2.45, 2.75) is 44.7 Å². The molecule has 1 unspecified atom stereocenters. The van der Waals surface area contributed by atoms with Gasteiger partial charge in [0.25, 0.3) is 0 Å². The van der Waals surface area contributed by atoms with E-state index >= 15 is 0 Å². The molecule has 0 aromatic heterocycles. The standard InChI is InChI=1S/C16H26N2/c1-16(2)11-9-15(17-3)13-18(16)12-10-14-7-5-4-6-8-14/h4-8,15,17H,9-13H2,1-3H3. The van der Waals surface area contributed by atoms with Crippen LogP contribution in [0.2, 0.25) is 0 Å². The van der Waals surface area contributed by atoms with Crippen LogP contribution >= 0.6 is 0 Å². The fourth-order valence-electron chi connectivity index (χ4n) is 2.83. The second-order valence-corrected chi connectivity index (χ2v) is 6.02. The highest BCUT2D eigenvalue weighted by atomic mass is 15.2. The zero-order valence-electron chi connectivity index (χ0n) is 11.9. The Bertz CT molecular complexity index is 359. The van der Waals surface area contributed by atoms with Gasteiger partial charge < -0.3 is 5.32 Å². The average Bonchev–Trinajstić information content (AvgIpc) is 2.38. The van der Waals surface area contributed by atoms with Crippen molar-refractivity contribution in [3.05, 3.63) is 35.9 Å². The highest BCUT2D eigenvalue weighted by Crippen LogP contribution is 2.27. The molecule has 1 aromatic carbocycles. The first-order valence-corrected chi connectivity index (χ1v) is 7.08. The molecule has 0 radical (unpaired) electrons. The zero-order valence-corrected chi connectivity index (χ0v) is 11.9. The van der Waals surface area contributed by atoms with Crippen LogP contribution in [0.4, 0.5) is 0 Å². The van der Waals surface area contributed by atoms with E-state index in [2.05, 4.69) is 61.4 Å². The summed E-state index contributed by atoms with van der Waals surface area (Å²) in [5.74, 6) is 0. The van der Waals surface area contributed by atoms with E-state index in [1.165, 1.54) is 24.9 Å². The van der Waals surface area contributed by atoms with Gasteiger partial charge in [0.05, 0.1) is 0 Å². The molecule has 1 N–H and O–H groups in total. The maximum absolute atomic E-state index is 3.43. The van der Waals surface area contributed by atoms with E-state index < -0.39 is 0 Å². The van der Waals surface area contributed by atoms with Gasteiger partial charge in [-0.2, -0.15) is 0 Å². The molecule has 0 spiro atoms. The summed E-state index contributed by atoms with van der Waals surface area (Å²) in [6.45, 7) is 7.10. The third-order valence-corrected chi connectivity index (χ3v) is 4.32. The van der Waals surface area contributed by atoms with E-state index in [9.17, 15) is 0 Å². The SMILES string of the molecule is CNC1CCC(C)(C)N(CCc2ccccc2)C1. The number of piperidine rings is 1. The van der Waals surface area contributed by atoms with E-state index in [-0.39, 0.29) is 0 Å². The second kappa shape index (κ2) is 5.85. The zero-order chi connectivity index (χ0) is 13.0. The Labute approximate surface area is 111 Å². The van der Waals surface area contributed by atoms with Crippen LogP contribution in [0.1, 0.15) is 32.3 Å². The van der Waals surface area contributed by atoms with Crippen LogP contribution < -0.4 is 5.32 Å². The molecule has 2 nitrogen and oxygen atoms in total. The first-order valence-electron chi connectivity index (χ1n) is 7.08. The molecule has 100 valence electrons. The lowest BCUT2D eigenvalue weighted by atomic mass is 9.87. The van der Waals surface area contributed by atoms with Gasteiger partial charge in [-0.1, -0.05) is 30.3 Å². The molecule has 1 fully saturated rings. The molecule has 1 heterocycles. The van der Waals surface area contributed by atoms with Gasteiger partial charge >= 0.3 is 0 Å². The van der Waals surface area contributed by atoms with Crippen LogP contribution in [0.15, 0.2) is 30.3 Å². The molecule has 1 aliphatic rings. The van der Waals surface area contributed by atoms with E-state index in [0.29, 0.717) is 11.6 Å². The van der Waals surface area contributed by atoms with Crippen molar-refractivity contribution in [1.82, 2.24) is 10.2 Å². The Morgan fingerprint density at radius 3 is 2.67 bits per heavy atom. The van der Waals surface area contributed by atoms with E-state index in [0.717, 1.165) is 13.0 Å². The summed E-state index contributed by atoms with van der Waals surface area (Å²) in [5.41, 5.74) is 1.79. The van der Waals surface area contributed by atoms with Gasteiger partial charge in [-0.15, -0.1) is 0 Å². The molecule has 0 aliphatic carbocycles. The van der Waals surface area contributed by atoms with Gasteiger partial charge in [-0.3, -0.25) is 4.90 Å². The first kappa shape index (κ1) is 13.6. The van der Waals surface area contributed by atoms with Crippen LogP contribution in [0, 0.1) is 0 Å². The Kier molecular flexibility index (Phi) is 4.41. The summed E-state index contributed by atoms with van der Waals surface area (Å²) < 4.78 is 0. The molecule has 18 heavy (non-hydrogen) atoms. The number of nitrogens with one attached hydrogen (secondary N) is 1. The Hall–Kier alpha value is -0.860. The molecule has 0 saturated carbocycles. The Morgan fingerprint density at radius 1 is 1.28 bits per heavy atom. The quantitative estimate of drug-likeness (QED) is 0.878. The number of benzene rings is 1. The lowest BCUT2D eigenvalue weighted by Crippen LogP contribution is -2.55. The summed E-state index contributed by atoms with van der Waals surface area (Å²) in [4.78, 5) is 2.64. The third kappa shape index (κ3) is 3.33. The summed E-state index contributed by atoms with van der Waals surface area (Å²) >= 11 is 0. The van der Waals surface area contributed by atoms with E-state index in [1.807, 2.05) is 0 Å². The minimum Gasteiger partial charge on any atom is -0.316 e. The maximum atomic E-state index is 3.43. The number of likely N-dealkylation sites (tertiary alicyclic amines) is 1. The molecule has 0 bridgehead atoms. The molecule has 1 aliphatic heterocycles. The summed E-state index contributed by atoms with van der Waals surface area (Å²) in [6.07, 6.45) is 3.74. The largest absolute Gasteiger partial charge is 0.316 e. The smallest absolute Gasteiger partial charge is 0.0192 e. The minimum atomic E-state index is 0.349. The van der Waals surface area contributed by atoms with Crippen molar-refractivity contribution in [3.63, 3.8) is 0 Å². The van der Waals surface area contributed by atoms with Crippen LogP contribution in [-0.2, 0) is 6.42 Å². The normalized spacial score (nSPS) is 24.1. The number of likely N-dealkylation sites (N-methyl/N-ethyl adjacent to an activating group) is 1. The van der Waals surface area contributed by atoms with Crippen molar-refractivity contribution in [1.29, 1.82) is 0 Å². The Balaban J connectivity index is 1.93. The highest BCUT2D eigenvalue weighted by molar-refractivity contribution is 5.15. The third-order valence-electron chi connectivity index (χ3n) is 4.32. The van der Waals surface area contributed by atoms with Gasteiger partial charge in [0.2, 0.25) is 0 Å². The fourth-order valence-corrected chi connectivity index (χ4v) is 2.83. The number of rotatable bonds is 4. The molecular weight excluding hydrogens is 220 g/mol.